The topological polar surface area (TPSA) is 18.5 Å². The third kappa shape index (κ3) is 3.99. The maximum Gasteiger partial charge on any atom is 0.416 e. The predicted octanol–water partition coefficient (Wildman–Crippen LogP) is 11.9. The average molecular weight is 655 g/mol. The SMILES string of the molecule is COc1ccc(C2(c3ccc4sc5ccccc5c4c3)C=Cc3c4c(c5ccccc5c3O2)-c2ccc(C(F)(F)F)cc2C4(C)C)cc1. The number of rotatable bonds is 3. The molecule has 1 aliphatic carbocycles. The van der Waals surface area contributed by atoms with Gasteiger partial charge in [0.2, 0.25) is 0 Å². The molecule has 1 unspecified atom stereocenters. The van der Waals surface area contributed by atoms with Gasteiger partial charge in [-0.2, -0.15) is 13.2 Å². The quantitative estimate of drug-likeness (QED) is 0.189. The molecule has 9 rings (SSSR count). The van der Waals surface area contributed by atoms with Gasteiger partial charge in [0.1, 0.15) is 11.5 Å². The molecule has 2 nitrogen and oxygen atoms in total. The van der Waals surface area contributed by atoms with Crippen LogP contribution in [-0.4, -0.2) is 7.11 Å². The smallest absolute Gasteiger partial charge is 0.416 e. The van der Waals surface area contributed by atoms with E-state index in [0.29, 0.717) is 5.56 Å². The van der Waals surface area contributed by atoms with Crippen molar-refractivity contribution in [2.75, 3.05) is 7.11 Å². The normalized spacial score (nSPS) is 17.7. The highest BCUT2D eigenvalue weighted by Crippen LogP contribution is 2.58. The Labute approximate surface area is 279 Å². The third-order valence-corrected chi connectivity index (χ3v) is 11.3. The molecule has 7 aromatic rings. The minimum atomic E-state index is -4.43. The fourth-order valence-corrected chi connectivity index (χ4v) is 8.97. The van der Waals surface area contributed by atoms with Gasteiger partial charge in [-0.1, -0.05) is 86.7 Å². The summed E-state index contributed by atoms with van der Waals surface area (Å²) in [5.74, 6) is 1.46. The number of methoxy groups -OCH3 is 1. The van der Waals surface area contributed by atoms with Gasteiger partial charge >= 0.3 is 6.18 Å². The highest BCUT2D eigenvalue weighted by Gasteiger charge is 2.45. The van der Waals surface area contributed by atoms with Gasteiger partial charge in [-0.15, -0.1) is 11.3 Å². The molecule has 0 spiro atoms. The van der Waals surface area contributed by atoms with E-state index < -0.39 is 22.8 Å². The first-order chi connectivity index (χ1) is 23.1. The highest BCUT2D eigenvalue weighted by molar-refractivity contribution is 7.25. The van der Waals surface area contributed by atoms with Crippen molar-refractivity contribution in [3.63, 3.8) is 0 Å². The van der Waals surface area contributed by atoms with Crippen molar-refractivity contribution < 1.29 is 22.6 Å². The molecule has 2 aliphatic rings. The van der Waals surface area contributed by atoms with E-state index in [1.54, 1.807) is 24.5 Å². The Hall–Kier alpha value is -5.07. The molecule has 0 amide bonds. The van der Waals surface area contributed by atoms with Gasteiger partial charge in [0.05, 0.1) is 12.7 Å². The molecule has 1 atom stereocenters. The Morgan fingerprint density at radius 1 is 0.708 bits per heavy atom. The van der Waals surface area contributed by atoms with Crippen LogP contribution in [0.5, 0.6) is 11.5 Å². The first-order valence-corrected chi connectivity index (χ1v) is 16.7. The molecule has 0 saturated carbocycles. The van der Waals surface area contributed by atoms with Crippen molar-refractivity contribution in [1.82, 2.24) is 0 Å². The van der Waals surface area contributed by atoms with Crippen LogP contribution in [0.15, 0.2) is 115 Å². The molecule has 0 saturated heterocycles. The summed E-state index contributed by atoms with van der Waals surface area (Å²) in [5, 5.41) is 4.24. The highest BCUT2D eigenvalue weighted by atomic mass is 32.1. The van der Waals surface area contributed by atoms with Gasteiger partial charge in [-0.25, -0.2) is 0 Å². The number of hydrogen-bond acceptors (Lipinski definition) is 3. The predicted molar refractivity (Wildman–Crippen MR) is 189 cm³/mol. The van der Waals surface area contributed by atoms with Crippen LogP contribution in [0, 0.1) is 0 Å². The first kappa shape index (κ1) is 29.1. The number of ether oxygens (including phenoxy) is 2. The lowest BCUT2D eigenvalue weighted by Crippen LogP contribution is -2.35. The van der Waals surface area contributed by atoms with Crippen molar-refractivity contribution in [2.24, 2.45) is 0 Å². The van der Waals surface area contributed by atoms with Gasteiger partial charge in [0, 0.05) is 47.7 Å². The Morgan fingerprint density at radius 3 is 2.15 bits per heavy atom. The van der Waals surface area contributed by atoms with Gasteiger partial charge in [-0.3, -0.25) is 0 Å². The second kappa shape index (κ2) is 9.97. The van der Waals surface area contributed by atoms with E-state index in [4.69, 9.17) is 9.47 Å². The van der Waals surface area contributed by atoms with Crippen LogP contribution in [-0.2, 0) is 17.2 Å². The summed E-state index contributed by atoms with van der Waals surface area (Å²) in [4.78, 5) is 0. The molecule has 0 bridgehead atoms. The lowest BCUT2D eigenvalue weighted by atomic mass is 9.76. The molecule has 48 heavy (non-hydrogen) atoms. The van der Waals surface area contributed by atoms with Crippen LogP contribution in [0.1, 0.15) is 47.2 Å². The maximum absolute atomic E-state index is 13.9. The molecule has 0 radical (unpaired) electrons. The van der Waals surface area contributed by atoms with Gasteiger partial charge in [0.15, 0.2) is 5.60 Å². The Balaban J connectivity index is 1.32. The number of hydrogen-bond donors (Lipinski definition) is 0. The monoisotopic (exact) mass is 654 g/mol. The van der Waals surface area contributed by atoms with E-state index in [9.17, 15) is 13.2 Å². The third-order valence-electron chi connectivity index (χ3n) is 10.2. The fourth-order valence-electron chi connectivity index (χ4n) is 7.88. The summed E-state index contributed by atoms with van der Waals surface area (Å²) in [7, 11) is 1.65. The van der Waals surface area contributed by atoms with Crippen LogP contribution >= 0.6 is 11.3 Å². The molecule has 6 heteroatoms. The standard InChI is InChI=1S/C42H29F3O2S/c1-40(2)34-23-26(42(43,44)45)14-18-31(34)37-29-9-4-5-10-30(29)39-32(38(37)40)20-21-41(47-39,24-12-16-27(46-3)17-13-24)25-15-19-36-33(22-25)28-8-6-7-11-35(28)48-36/h4-23H,1-3H3. The minimum absolute atomic E-state index is 0.637. The molecule has 0 N–H and O–H groups in total. The van der Waals surface area contributed by atoms with Crippen LogP contribution in [0.3, 0.4) is 0 Å². The molecule has 0 fully saturated rings. The fraction of sp³-hybridized carbons (Fsp3) is 0.143. The lowest BCUT2D eigenvalue weighted by Gasteiger charge is -2.38. The summed E-state index contributed by atoms with van der Waals surface area (Å²) in [6.07, 6.45) is -0.193. The zero-order chi connectivity index (χ0) is 33.0. The average Bonchev–Trinajstić information content (AvgIpc) is 3.59. The summed E-state index contributed by atoms with van der Waals surface area (Å²) in [6.45, 7) is 4.03. The molecule has 6 aromatic carbocycles. The summed E-state index contributed by atoms with van der Waals surface area (Å²) in [6, 6.07) is 35.2. The maximum atomic E-state index is 13.9. The molecular formula is C42H29F3O2S. The summed E-state index contributed by atoms with van der Waals surface area (Å²) in [5.41, 5.74) is 3.91. The Morgan fingerprint density at radius 2 is 1.40 bits per heavy atom. The number of alkyl halides is 3. The first-order valence-electron chi connectivity index (χ1n) is 15.9. The summed E-state index contributed by atoms with van der Waals surface area (Å²) < 4.78 is 57.2. The Bertz CT molecular complexity index is 2490. The van der Waals surface area contributed by atoms with E-state index in [-0.39, 0.29) is 0 Å². The molecule has 236 valence electrons. The van der Waals surface area contributed by atoms with Gasteiger partial charge in [-0.05, 0) is 76.2 Å². The number of fused-ring (bicyclic) bond motifs is 11. The van der Waals surface area contributed by atoms with E-state index >= 15 is 0 Å². The van der Waals surface area contributed by atoms with Crippen LogP contribution in [0.4, 0.5) is 13.2 Å². The lowest BCUT2D eigenvalue weighted by molar-refractivity contribution is -0.137. The Kier molecular flexibility index (Phi) is 6.04. The molecule has 1 aliphatic heterocycles. The van der Waals surface area contributed by atoms with Gasteiger partial charge in [0.25, 0.3) is 0 Å². The summed E-state index contributed by atoms with van der Waals surface area (Å²) >= 11 is 1.77. The van der Waals surface area contributed by atoms with Gasteiger partial charge < -0.3 is 9.47 Å². The van der Waals surface area contributed by atoms with Crippen molar-refractivity contribution >= 4 is 48.4 Å². The molecule has 1 aromatic heterocycles. The molecule has 2 heterocycles. The van der Waals surface area contributed by atoms with Crippen molar-refractivity contribution in [1.29, 1.82) is 0 Å². The minimum Gasteiger partial charge on any atom is -0.497 e. The van der Waals surface area contributed by atoms with Crippen LogP contribution < -0.4 is 9.47 Å². The number of thiophene rings is 1. The zero-order valence-electron chi connectivity index (χ0n) is 26.4. The molecular weight excluding hydrogens is 626 g/mol. The second-order valence-electron chi connectivity index (χ2n) is 13.1. The number of benzene rings is 6. The van der Waals surface area contributed by atoms with E-state index in [1.807, 2.05) is 50.2 Å². The van der Waals surface area contributed by atoms with Crippen LogP contribution in [0.2, 0.25) is 0 Å². The zero-order valence-corrected chi connectivity index (χ0v) is 27.2. The number of halogens is 3. The largest absolute Gasteiger partial charge is 0.497 e. The van der Waals surface area contributed by atoms with E-state index in [2.05, 4.69) is 66.7 Å². The van der Waals surface area contributed by atoms with Crippen molar-refractivity contribution in [2.45, 2.75) is 31.0 Å². The van der Waals surface area contributed by atoms with Crippen molar-refractivity contribution in [3.8, 4) is 22.6 Å². The van der Waals surface area contributed by atoms with Crippen LogP contribution in [0.25, 0.3) is 48.1 Å². The second-order valence-corrected chi connectivity index (χ2v) is 14.2. The van der Waals surface area contributed by atoms with Crippen molar-refractivity contribution in [3.05, 3.63) is 149 Å². The van der Waals surface area contributed by atoms with E-state index in [1.165, 1.54) is 32.3 Å². The van der Waals surface area contributed by atoms with E-state index in [0.717, 1.165) is 55.7 Å².